The molecule has 2 aliphatic heterocycles. The highest BCUT2D eigenvalue weighted by molar-refractivity contribution is 9.09. The van der Waals surface area contributed by atoms with E-state index >= 15 is 0 Å². The molecule has 0 bridgehead atoms. The van der Waals surface area contributed by atoms with Crippen LogP contribution in [0.5, 0.6) is 5.75 Å². The molecule has 0 saturated carbocycles. The molecule has 1 fully saturated rings. The quantitative estimate of drug-likeness (QED) is 0.778. The Hall–Kier alpha value is -0.540. The fourth-order valence-electron chi connectivity index (χ4n) is 3.11. The first kappa shape index (κ1) is 12.5. The Morgan fingerprint density at radius 2 is 1.94 bits per heavy atom. The second-order valence-electron chi connectivity index (χ2n) is 5.42. The summed E-state index contributed by atoms with van der Waals surface area (Å²) in [6.07, 6.45) is 4.71. The number of hydrogen-bond donors (Lipinski definition) is 0. The summed E-state index contributed by atoms with van der Waals surface area (Å²) in [5, 5.41) is 1.07. The summed E-state index contributed by atoms with van der Waals surface area (Å²) in [7, 11) is 0. The number of piperidine rings is 1. The summed E-state index contributed by atoms with van der Waals surface area (Å²) in [4.78, 5) is 2.53. The number of aryl methyl sites for hydroxylation is 1. The number of rotatable bonds is 2. The van der Waals surface area contributed by atoms with Crippen LogP contribution in [0.1, 0.15) is 24.8 Å². The van der Waals surface area contributed by atoms with Crippen LogP contribution in [0.25, 0.3) is 0 Å². The van der Waals surface area contributed by atoms with Gasteiger partial charge in [0, 0.05) is 25.0 Å². The SMILES string of the molecule is BrCCN1CCC2(CCc3ccccc3O2)CC1. The summed E-state index contributed by atoms with van der Waals surface area (Å²) in [6, 6.07) is 8.51. The molecule has 1 aromatic rings. The Labute approximate surface area is 117 Å². The lowest BCUT2D eigenvalue weighted by molar-refractivity contribution is -0.0129. The fourth-order valence-corrected chi connectivity index (χ4v) is 3.61. The van der Waals surface area contributed by atoms with Crippen molar-refractivity contribution >= 4 is 15.9 Å². The molecule has 0 N–H and O–H groups in total. The number of nitrogens with zero attached hydrogens (tertiary/aromatic N) is 1. The molecule has 98 valence electrons. The number of benzene rings is 1. The van der Waals surface area contributed by atoms with Gasteiger partial charge in [0.05, 0.1) is 0 Å². The molecule has 0 aromatic heterocycles. The van der Waals surface area contributed by atoms with Crippen LogP contribution in [0.4, 0.5) is 0 Å². The molecule has 1 saturated heterocycles. The van der Waals surface area contributed by atoms with Gasteiger partial charge in [-0.15, -0.1) is 0 Å². The van der Waals surface area contributed by atoms with Gasteiger partial charge < -0.3 is 9.64 Å². The Morgan fingerprint density at radius 1 is 1.17 bits per heavy atom. The van der Waals surface area contributed by atoms with E-state index in [1.54, 1.807) is 0 Å². The van der Waals surface area contributed by atoms with Crippen LogP contribution in [0.2, 0.25) is 0 Å². The maximum absolute atomic E-state index is 6.35. The molecule has 2 aliphatic rings. The standard InChI is InChI=1S/C15H20BrNO/c16-9-12-17-10-7-15(8-11-17)6-5-13-3-1-2-4-14(13)18-15/h1-4H,5-12H2. The highest BCUT2D eigenvalue weighted by Crippen LogP contribution is 2.39. The molecule has 0 amide bonds. The van der Waals surface area contributed by atoms with Gasteiger partial charge in [0.15, 0.2) is 0 Å². The Bertz CT molecular complexity index is 413. The maximum Gasteiger partial charge on any atom is 0.123 e. The van der Waals surface area contributed by atoms with Crippen molar-refractivity contribution in [3.05, 3.63) is 29.8 Å². The minimum atomic E-state index is 0.122. The van der Waals surface area contributed by atoms with E-state index < -0.39 is 0 Å². The second-order valence-corrected chi connectivity index (χ2v) is 6.22. The number of hydrogen-bond acceptors (Lipinski definition) is 2. The van der Waals surface area contributed by atoms with Crippen molar-refractivity contribution in [3.8, 4) is 5.75 Å². The fraction of sp³-hybridized carbons (Fsp3) is 0.600. The topological polar surface area (TPSA) is 12.5 Å². The van der Waals surface area contributed by atoms with Crippen molar-refractivity contribution in [1.82, 2.24) is 4.90 Å². The largest absolute Gasteiger partial charge is 0.487 e. The van der Waals surface area contributed by atoms with E-state index in [-0.39, 0.29) is 5.60 Å². The van der Waals surface area contributed by atoms with Crippen LogP contribution < -0.4 is 4.74 Å². The summed E-state index contributed by atoms with van der Waals surface area (Å²) < 4.78 is 6.35. The van der Waals surface area contributed by atoms with Crippen LogP contribution in [-0.2, 0) is 6.42 Å². The van der Waals surface area contributed by atoms with Crippen LogP contribution in [-0.4, -0.2) is 35.5 Å². The van der Waals surface area contributed by atoms with Crippen LogP contribution >= 0.6 is 15.9 Å². The third kappa shape index (κ3) is 2.43. The van der Waals surface area contributed by atoms with Crippen molar-refractivity contribution in [1.29, 1.82) is 0 Å². The zero-order chi connectivity index (χ0) is 12.4. The number of para-hydroxylation sites is 1. The molecule has 2 heterocycles. The van der Waals surface area contributed by atoms with Gasteiger partial charge in [-0.2, -0.15) is 0 Å². The summed E-state index contributed by atoms with van der Waals surface area (Å²) >= 11 is 3.52. The van der Waals surface area contributed by atoms with E-state index in [1.165, 1.54) is 44.3 Å². The van der Waals surface area contributed by atoms with Crippen molar-refractivity contribution in [3.63, 3.8) is 0 Å². The van der Waals surface area contributed by atoms with E-state index in [2.05, 4.69) is 45.1 Å². The average molecular weight is 310 g/mol. The van der Waals surface area contributed by atoms with Gasteiger partial charge in [0.1, 0.15) is 11.4 Å². The first-order valence-corrected chi connectivity index (χ1v) is 7.99. The van der Waals surface area contributed by atoms with Gasteiger partial charge in [-0.05, 0) is 37.3 Å². The predicted molar refractivity (Wildman–Crippen MR) is 77.6 cm³/mol. The average Bonchev–Trinajstić information content (AvgIpc) is 2.42. The maximum atomic E-state index is 6.35. The van der Waals surface area contributed by atoms with E-state index in [0.29, 0.717) is 0 Å². The molecule has 2 nitrogen and oxygen atoms in total. The molecule has 18 heavy (non-hydrogen) atoms. The first-order valence-electron chi connectivity index (χ1n) is 6.87. The zero-order valence-electron chi connectivity index (χ0n) is 10.7. The molecule has 3 heteroatoms. The van der Waals surface area contributed by atoms with Crippen molar-refractivity contribution in [2.75, 3.05) is 25.0 Å². The normalized spacial score (nSPS) is 22.5. The minimum Gasteiger partial charge on any atom is -0.487 e. The Balaban J connectivity index is 1.69. The lowest BCUT2D eigenvalue weighted by Crippen LogP contribution is -2.50. The first-order chi connectivity index (χ1) is 8.81. The third-order valence-corrected chi connectivity index (χ3v) is 4.67. The molecule has 3 rings (SSSR count). The highest BCUT2D eigenvalue weighted by Gasteiger charge is 2.38. The monoisotopic (exact) mass is 309 g/mol. The molecule has 0 atom stereocenters. The lowest BCUT2D eigenvalue weighted by Gasteiger charge is -2.44. The van der Waals surface area contributed by atoms with Crippen molar-refractivity contribution < 1.29 is 4.74 Å². The molecule has 0 aliphatic carbocycles. The molecular weight excluding hydrogens is 290 g/mol. The van der Waals surface area contributed by atoms with Gasteiger partial charge in [-0.3, -0.25) is 0 Å². The van der Waals surface area contributed by atoms with Gasteiger partial charge in [0.2, 0.25) is 0 Å². The summed E-state index contributed by atoms with van der Waals surface area (Å²) in [5.74, 6) is 1.12. The lowest BCUT2D eigenvalue weighted by atomic mass is 9.83. The Kier molecular flexibility index (Phi) is 3.62. The molecule has 1 aromatic carbocycles. The van der Waals surface area contributed by atoms with Crippen LogP contribution in [0, 0.1) is 0 Å². The van der Waals surface area contributed by atoms with Crippen LogP contribution in [0.3, 0.4) is 0 Å². The Morgan fingerprint density at radius 3 is 2.72 bits per heavy atom. The minimum absolute atomic E-state index is 0.122. The third-order valence-electron chi connectivity index (χ3n) is 4.32. The predicted octanol–water partition coefficient (Wildman–Crippen LogP) is 3.24. The molecule has 0 unspecified atom stereocenters. The van der Waals surface area contributed by atoms with E-state index in [0.717, 1.165) is 17.6 Å². The van der Waals surface area contributed by atoms with E-state index in [9.17, 15) is 0 Å². The van der Waals surface area contributed by atoms with Gasteiger partial charge in [0.25, 0.3) is 0 Å². The number of ether oxygens (including phenoxy) is 1. The highest BCUT2D eigenvalue weighted by atomic mass is 79.9. The van der Waals surface area contributed by atoms with E-state index in [1.807, 2.05) is 0 Å². The van der Waals surface area contributed by atoms with Crippen LogP contribution in [0.15, 0.2) is 24.3 Å². The molecular formula is C15H20BrNO. The van der Waals surface area contributed by atoms with Crippen molar-refractivity contribution in [2.24, 2.45) is 0 Å². The summed E-state index contributed by atoms with van der Waals surface area (Å²) in [5.41, 5.74) is 1.50. The number of halogens is 1. The van der Waals surface area contributed by atoms with Gasteiger partial charge >= 0.3 is 0 Å². The zero-order valence-corrected chi connectivity index (χ0v) is 12.3. The smallest absolute Gasteiger partial charge is 0.123 e. The molecule has 0 radical (unpaired) electrons. The van der Waals surface area contributed by atoms with E-state index in [4.69, 9.17) is 4.74 Å². The van der Waals surface area contributed by atoms with Crippen molar-refractivity contribution in [2.45, 2.75) is 31.3 Å². The second kappa shape index (κ2) is 5.22. The summed E-state index contributed by atoms with van der Waals surface area (Å²) in [6.45, 7) is 3.51. The molecule has 1 spiro atoms. The van der Waals surface area contributed by atoms with Gasteiger partial charge in [-0.1, -0.05) is 34.1 Å². The number of likely N-dealkylation sites (tertiary alicyclic amines) is 1. The number of alkyl halides is 1. The van der Waals surface area contributed by atoms with Gasteiger partial charge in [-0.25, -0.2) is 0 Å². The number of fused-ring (bicyclic) bond motifs is 1.